The van der Waals surface area contributed by atoms with E-state index >= 15 is 0 Å². The van der Waals surface area contributed by atoms with Crippen LogP contribution in [0.5, 0.6) is 0 Å². The Hall–Kier alpha value is -1.81. The molecule has 2 rings (SSSR count). The van der Waals surface area contributed by atoms with E-state index in [9.17, 15) is 0 Å². The molecule has 0 amide bonds. The van der Waals surface area contributed by atoms with E-state index in [4.69, 9.17) is 15.0 Å². The summed E-state index contributed by atoms with van der Waals surface area (Å²) in [6.45, 7) is 3.37. The number of nitrogens with zero attached hydrogens (tertiary/aromatic N) is 1. The summed E-state index contributed by atoms with van der Waals surface area (Å²) >= 11 is 0. The summed E-state index contributed by atoms with van der Waals surface area (Å²) in [4.78, 5) is 0. The van der Waals surface area contributed by atoms with Crippen molar-refractivity contribution < 1.29 is 9.26 Å². The van der Waals surface area contributed by atoms with E-state index in [1.54, 1.807) is 0 Å². The Kier molecular flexibility index (Phi) is 4.36. The van der Waals surface area contributed by atoms with Crippen molar-refractivity contribution in [3.05, 3.63) is 36.1 Å². The minimum Gasteiger partial charge on any atom is -0.399 e. The molecule has 0 unspecified atom stereocenters. The summed E-state index contributed by atoms with van der Waals surface area (Å²) in [5.74, 6) is 0.748. The van der Waals surface area contributed by atoms with Crippen molar-refractivity contribution in [2.75, 3.05) is 12.3 Å². The van der Waals surface area contributed by atoms with Crippen molar-refractivity contribution in [1.82, 2.24) is 5.16 Å². The maximum Gasteiger partial charge on any atom is 0.163 e. The Bertz CT molecular complexity index is 477. The Morgan fingerprint density at radius 2 is 2.06 bits per heavy atom. The van der Waals surface area contributed by atoms with E-state index in [0.717, 1.165) is 42.2 Å². The van der Waals surface area contributed by atoms with Gasteiger partial charge in [0.05, 0.1) is 0 Å². The highest BCUT2D eigenvalue weighted by Crippen LogP contribution is 2.20. The number of nitrogens with two attached hydrogens (primary N) is 1. The lowest BCUT2D eigenvalue weighted by atomic mass is 10.1. The number of hydrogen-bond acceptors (Lipinski definition) is 4. The zero-order valence-electron chi connectivity index (χ0n) is 10.6. The summed E-state index contributed by atoms with van der Waals surface area (Å²) < 4.78 is 10.7. The van der Waals surface area contributed by atoms with Crippen LogP contribution in [-0.2, 0) is 11.3 Å². The van der Waals surface area contributed by atoms with Crippen LogP contribution in [0.15, 0.2) is 34.9 Å². The van der Waals surface area contributed by atoms with Crippen molar-refractivity contribution in [3.63, 3.8) is 0 Å². The first-order chi connectivity index (χ1) is 8.79. The Morgan fingerprint density at radius 3 is 2.78 bits per heavy atom. The maximum absolute atomic E-state index is 5.64. The van der Waals surface area contributed by atoms with Crippen LogP contribution < -0.4 is 5.73 Å². The molecule has 1 aromatic heterocycles. The normalized spacial score (nSPS) is 10.7. The minimum absolute atomic E-state index is 0.474. The lowest BCUT2D eigenvalue weighted by Gasteiger charge is -1.98. The molecule has 96 valence electrons. The maximum atomic E-state index is 5.64. The number of rotatable bonds is 6. The van der Waals surface area contributed by atoms with Crippen LogP contribution >= 0.6 is 0 Å². The number of nitrogen functional groups attached to an aromatic ring is 1. The van der Waals surface area contributed by atoms with Gasteiger partial charge in [-0.3, -0.25) is 0 Å². The molecule has 0 bridgehead atoms. The first kappa shape index (κ1) is 12.6. The second kappa shape index (κ2) is 6.21. The quantitative estimate of drug-likeness (QED) is 0.628. The largest absolute Gasteiger partial charge is 0.399 e. The van der Waals surface area contributed by atoms with Crippen LogP contribution in [0.4, 0.5) is 5.69 Å². The molecule has 0 saturated carbocycles. The van der Waals surface area contributed by atoms with Crippen molar-refractivity contribution in [1.29, 1.82) is 0 Å². The first-order valence-corrected chi connectivity index (χ1v) is 6.19. The Labute approximate surface area is 107 Å². The molecule has 0 aliphatic carbocycles. The van der Waals surface area contributed by atoms with Gasteiger partial charge in [0.25, 0.3) is 0 Å². The molecule has 2 aromatic rings. The lowest BCUT2D eigenvalue weighted by molar-refractivity contribution is 0.0988. The molecule has 0 radical (unpaired) electrons. The van der Waals surface area contributed by atoms with Gasteiger partial charge in [-0.1, -0.05) is 30.6 Å². The van der Waals surface area contributed by atoms with Gasteiger partial charge in [0.2, 0.25) is 0 Å². The summed E-state index contributed by atoms with van der Waals surface area (Å²) in [6.07, 6.45) is 2.20. The van der Waals surface area contributed by atoms with Gasteiger partial charge in [-0.05, 0) is 18.6 Å². The number of ether oxygens (including phenoxy) is 1. The van der Waals surface area contributed by atoms with Gasteiger partial charge in [-0.2, -0.15) is 0 Å². The van der Waals surface area contributed by atoms with Crippen LogP contribution in [0.25, 0.3) is 11.3 Å². The standard InChI is InChI=1S/C14H18N2O2/c1-2-3-8-17-10-13-9-14(16-18-13)11-4-6-12(15)7-5-11/h4-7,9H,2-3,8,10,15H2,1H3. The van der Waals surface area contributed by atoms with Crippen molar-refractivity contribution in [2.24, 2.45) is 0 Å². The van der Waals surface area contributed by atoms with Crippen LogP contribution in [0.3, 0.4) is 0 Å². The van der Waals surface area contributed by atoms with Gasteiger partial charge >= 0.3 is 0 Å². The molecule has 2 N–H and O–H groups in total. The number of hydrogen-bond donors (Lipinski definition) is 1. The number of benzene rings is 1. The molecule has 0 atom stereocenters. The van der Waals surface area contributed by atoms with Crippen LogP contribution in [-0.4, -0.2) is 11.8 Å². The average molecular weight is 246 g/mol. The van der Waals surface area contributed by atoms with Crippen LogP contribution in [0, 0.1) is 0 Å². The highest BCUT2D eigenvalue weighted by molar-refractivity contribution is 5.61. The number of aromatic nitrogens is 1. The van der Waals surface area contributed by atoms with Gasteiger partial charge in [0.1, 0.15) is 12.3 Å². The number of anilines is 1. The molecular weight excluding hydrogens is 228 g/mol. The fraction of sp³-hybridized carbons (Fsp3) is 0.357. The van der Waals surface area contributed by atoms with Gasteiger partial charge in [0.15, 0.2) is 5.76 Å². The van der Waals surface area contributed by atoms with E-state index in [1.807, 2.05) is 30.3 Å². The average Bonchev–Trinajstić information content (AvgIpc) is 2.84. The number of unbranched alkanes of at least 4 members (excludes halogenated alkanes) is 1. The van der Waals surface area contributed by atoms with Gasteiger partial charge in [-0.15, -0.1) is 0 Å². The van der Waals surface area contributed by atoms with E-state index in [2.05, 4.69) is 12.1 Å². The van der Waals surface area contributed by atoms with Crippen molar-refractivity contribution >= 4 is 5.69 Å². The van der Waals surface area contributed by atoms with Gasteiger partial charge < -0.3 is 15.0 Å². The van der Waals surface area contributed by atoms with Crippen LogP contribution in [0.2, 0.25) is 0 Å². The molecular formula is C14H18N2O2. The SMILES string of the molecule is CCCCOCc1cc(-c2ccc(N)cc2)no1. The molecule has 0 fully saturated rings. The fourth-order valence-electron chi connectivity index (χ4n) is 1.59. The summed E-state index contributed by atoms with van der Waals surface area (Å²) in [5.41, 5.74) is 8.18. The Morgan fingerprint density at radius 1 is 1.28 bits per heavy atom. The van der Waals surface area contributed by atoms with Crippen LogP contribution in [0.1, 0.15) is 25.5 Å². The van der Waals surface area contributed by atoms with E-state index in [-0.39, 0.29) is 0 Å². The second-order valence-electron chi connectivity index (χ2n) is 4.21. The third-order valence-corrected chi connectivity index (χ3v) is 2.65. The minimum atomic E-state index is 0.474. The molecule has 1 heterocycles. The smallest absolute Gasteiger partial charge is 0.163 e. The molecule has 0 spiro atoms. The predicted molar refractivity (Wildman–Crippen MR) is 70.9 cm³/mol. The van der Waals surface area contributed by atoms with Gasteiger partial charge in [-0.25, -0.2) is 0 Å². The lowest BCUT2D eigenvalue weighted by Crippen LogP contribution is -1.93. The summed E-state index contributed by atoms with van der Waals surface area (Å²) in [7, 11) is 0. The predicted octanol–water partition coefficient (Wildman–Crippen LogP) is 3.24. The first-order valence-electron chi connectivity index (χ1n) is 6.19. The molecule has 0 saturated heterocycles. The molecule has 0 aliphatic heterocycles. The zero-order valence-corrected chi connectivity index (χ0v) is 10.6. The molecule has 1 aromatic carbocycles. The fourth-order valence-corrected chi connectivity index (χ4v) is 1.59. The van der Waals surface area contributed by atoms with Crippen molar-refractivity contribution in [2.45, 2.75) is 26.4 Å². The van der Waals surface area contributed by atoms with Crippen molar-refractivity contribution in [3.8, 4) is 11.3 Å². The molecule has 0 aliphatic rings. The topological polar surface area (TPSA) is 61.3 Å². The van der Waals surface area contributed by atoms with E-state index in [1.165, 1.54) is 0 Å². The molecule has 18 heavy (non-hydrogen) atoms. The molecule has 4 nitrogen and oxygen atoms in total. The second-order valence-corrected chi connectivity index (χ2v) is 4.21. The third kappa shape index (κ3) is 3.34. The zero-order chi connectivity index (χ0) is 12.8. The summed E-state index contributed by atoms with van der Waals surface area (Å²) in [6, 6.07) is 9.45. The van der Waals surface area contributed by atoms with E-state index < -0.39 is 0 Å². The highest BCUT2D eigenvalue weighted by atomic mass is 16.5. The van der Waals surface area contributed by atoms with E-state index in [0.29, 0.717) is 6.61 Å². The Balaban J connectivity index is 1.95. The monoisotopic (exact) mass is 246 g/mol. The van der Waals surface area contributed by atoms with Gasteiger partial charge in [0, 0.05) is 23.9 Å². The summed E-state index contributed by atoms with van der Waals surface area (Å²) in [5, 5.41) is 4.02. The third-order valence-electron chi connectivity index (χ3n) is 2.65. The highest BCUT2D eigenvalue weighted by Gasteiger charge is 2.06. The molecule has 4 heteroatoms.